The Bertz CT molecular complexity index is 374. The minimum Gasteiger partial charge on any atom is -0.387 e. The van der Waals surface area contributed by atoms with Crippen LogP contribution in [-0.2, 0) is 0 Å². The van der Waals surface area contributed by atoms with Gasteiger partial charge in [0.15, 0.2) is 0 Å². The van der Waals surface area contributed by atoms with Gasteiger partial charge in [0.2, 0.25) is 0 Å². The molecule has 0 unspecified atom stereocenters. The van der Waals surface area contributed by atoms with Gasteiger partial charge in [0.05, 0.1) is 5.84 Å². The number of thioether (sulfide) groups is 1. The molecule has 1 rings (SSSR count). The van der Waals surface area contributed by atoms with E-state index in [9.17, 15) is 4.39 Å². The molecule has 0 spiro atoms. The molecule has 0 bridgehead atoms. The fraction of sp³-hybridized carbons (Fsp3) is 0.462. The second kappa shape index (κ2) is 6.05. The normalized spacial score (nSPS) is 11.5. The number of nitrogens with one attached hydrogen (secondary N) is 1. The van der Waals surface area contributed by atoms with Crippen LogP contribution in [0.1, 0.15) is 26.7 Å². The van der Waals surface area contributed by atoms with Crippen molar-refractivity contribution in [2.45, 2.75) is 31.6 Å². The van der Waals surface area contributed by atoms with Gasteiger partial charge < -0.3 is 5.73 Å². The van der Waals surface area contributed by atoms with Crippen LogP contribution in [0.4, 0.5) is 4.39 Å². The Morgan fingerprint density at radius 3 is 2.47 bits per heavy atom. The van der Waals surface area contributed by atoms with Crippen molar-refractivity contribution in [3.05, 3.63) is 30.1 Å². The van der Waals surface area contributed by atoms with Crippen LogP contribution in [0.5, 0.6) is 0 Å². The standard InChI is InChI=1S/C13H19FN2S/c1-13(2,12(15)16)8-3-9-17-11-6-4-10(14)5-7-11/h4-7H,3,8-9H2,1-2H3,(H3,15,16). The highest BCUT2D eigenvalue weighted by Gasteiger charge is 2.20. The summed E-state index contributed by atoms with van der Waals surface area (Å²) in [7, 11) is 0. The maximum absolute atomic E-state index is 12.7. The van der Waals surface area contributed by atoms with E-state index in [2.05, 4.69) is 0 Å². The van der Waals surface area contributed by atoms with Gasteiger partial charge in [0, 0.05) is 10.3 Å². The number of benzene rings is 1. The van der Waals surface area contributed by atoms with Crippen molar-refractivity contribution >= 4 is 17.6 Å². The lowest BCUT2D eigenvalue weighted by Gasteiger charge is -2.22. The van der Waals surface area contributed by atoms with Gasteiger partial charge in [-0.25, -0.2) is 4.39 Å². The van der Waals surface area contributed by atoms with Crippen LogP contribution in [0.3, 0.4) is 0 Å². The lowest BCUT2D eigenvalue weighted by molar-refractivity contribution is 0.464. The van der Waals surface area contributed by atoms with E-state index < -0.39 is 0 Å². The summed E-state index contributed by atoms with van der Waals surface area (Å²) in [5, 5.41) is 7.45. The first-order chi connectivity index (χ1) is 7.92. The third-order valence-corrected chi connectivity index (χ3v) is 3.86. The Morgan fingerprint density at radius 2 is 1.94 bits per heavy atom. The number of nitrogens with two attached hydrogens (primary N) is 1. The van der Waals surface area contributed by atoms with Crippen molar-refractivity contribution in [2.75, 3.05) is 5.75 Å². The molecule has 4 heteroatoms. The predicted octanol–water partition coefficient (Wildman–Crippen LogP) is 3.66. The molecule has 1 aromatic carbocycles. The molecule has 3 N–H and O–H groups in total. The molecule has 0 heterocycles. The number of amidine groups is 1. The molecule has 0 saturated heterocycles. The molecule has 0 aliphatic carbocycles. The molecular weight excluding hydrogens is 235 g/mol. The van der Waals surface area contributed by atoms with Crippen molar-refractivity contribution in [1.82, 2.24) is 0 Å². The molecule has 0 aromatic heterocycles. The van der Waals surface area contributed by atoms with Crippen LogP contribution in [0.2, 0.25) is 0 Å². The van der Waals surface area contributed by atoms with E-state index in [1.54, 1.807) is 23.9 Å². The van der Waals surface area contributed by atoms with Gasteiger partial charge in [-0.3, -0.25) is 5.41 Å². The summed E-state index contributed by atoms with van der Waals surface area (Å²) < 4.78 is 12.7. The van der Waals surface area contributed by atoms with Crippen molar-refractivity contribution in [3.63, 3.8) is 0 Å². The molecule has 0 aliphatic rings. The first kappa shape index (κ1) is 14.0. The second-order valence-corrected chi connectivity index (χ2v) is 5.87. The zero-order valence-electron chi connectivity index (χ0n) is 10.3. The Kier molecular flexibility index (Phi) is 5.00. The van der Waals surface area contributed by atoms with Gasteiger partial charge in [-0.15, -0.1) is 11.8 Å². The fourth-order valence-corrected chi connectivity index (χ4v) is 2.22. The first-order valence-electron chi connectivity index (χ1n) is 5.65. The highest BCUT2D eigenvalue weighted by Crippen LogP contribution is 2.25. The predicted molar refractivity (Wildman–Crippen MR) is 72.1 cm³/mol. The smallest absolute Gasteiger partial charge is 0.123 e. The minimum atomic E-state index is -0.219. The summed E-state index contributed by atoms with van der Waals surface area (Å²) in [6.45, 7) is 3.97. The molecule has 2 nitrogen and oxygen atoms in total. The lowest BCUT2D eigenvalue weighted by Crippen LogP contribution is -2.30. The molecule has 17 heavy (non-hydrogen) atoms. The summed E-state index contributed by atoms with van der Waals surface area (Å²) in [5.41, 5.74) is 5.30. The van der Waals surface area contributed by atoms with Gasteiger partial charge in [0.25, 0.3) is 0 Å². The van der Waals surface area contributed by atoms with Crippen LogP contribution in [0.15, 0.2) is 29.2 Å². The number of halogens is 1. The highest BCUT2D eigenvalue weighted by molar-refractivity contribution is 7.99. The van der Waals surface area contributed by atoms with Crippen molar-refractivity contribution in [2.24, 2.45) is 11.1 Å². The molecule has 0 fully saturated rings. The Labute approximate surface area is 106 Å². The molecular formula is C13H19FN2S. The number of rotatable bonds is 6. The summed E-state index contributed by atoms with van der Waals surface area (Å²) in [5.74, 6) is 0.999. The quantitative estimate of drug-likeness (QED) is 0.352. The van der Waals surface area contributed by atoms with E-state index in [1.165, 1.54) is 12.1 Å². The molecule has 0 aliphatic heterocycles. The second-order valence-electron chi connectivity index (χ2n) is 4.70. The van der Waals surface area contributed by atoms with E-state index in [-0.39, 0.29) is 17.1 Å². The van der Waals surface area contributed by atoms with Crippen LogP contribution in [0, 0.1) is 16.6 Å². The molecule has 94 valence electrons. The van der Waals surface area contributed by atoms with Crippen LogP contribution in [0.25, 0.3) is 0 Å². The van der Waals surface area contributed by atoms with Gasteiger partial charge in [0.1, 0.15) is 5.82 Å². The summed E-state index contributed by atoms with van der Waals surface area (Å²) in [4.78, 5) is 1.08. The van der Waals surface area contributed by atoms with Gasteiger partial charge in [-0.1, -0.05) is 13.8 Å². The average Bonchev–Trinajstić information content (AvgIpc) is 2.26. The topological polar surface area (TPSA) is 49.9 Å². The number of hydrogen-bond donors (Lipinski definition) is 2. The Hall–Kier alpha value is -1.03. The zero-order chi connectivity index (χ0) is 12.9. The third kappa shape index (κ3) is 4.77. The van der Waals surface area contributed by atoms with E-state index in [0.717, 1.165) is 23.5 Å². The largest absolute Gasteiger partial charge is 0.387 e. The van der Waals surface area contributed by atoms with Gasteiger partial charge in [-0.05, 0) is 42.9 Å². The first-order valence-corrected chi connectivity index (χ1v) is 6.63. The summed E-state index contributed by atoms with van der Waals surface area (Å²) in [6.07, 6.45) is 1.89. The Morgan fingerprint density at radius 1 is 1.35 bits per heavy atom. The maximum Gasteiger partial charge on any atom is 0.123 e. The van der Waals surface area contributed by atoms with E-state index in [0.29, 0.717) is 0 Å². The van der Waals surface area contributed by atoms with E-state index >= 15 is 0 Å². The molecule has 0 radical (unpaired) electrons. The van der Waals surface area contributed by atoms with Gasteiger partial charge in [-0.2, -0.15) is 0 Å². The van der Waals surface area contributed by atoms with E-state index in [4.69, 9.17) is 11.1 Å². The SMILES string of the molecule is CC(C)(CCCSc1ccc(F)cc1)C(=N)N. The minimum absolute atomic E-state index is 0.202. The highest BCUT2D eigenvalue weighted by atomic mass is 32.2. The molecule has 1 aromatic rings. The summed E-state index contributed by atoms with van der Waals surface area (Å²) >= 11 is 1.70. The monoisotopic (exact) mass is 254 g/mol. The van der Waals surface area contributed by atoms with Crippen LogP contribution < -0.4 is 5.73 Å². The zero-order valence-corrected chi connectivity index (χ0v) is 11.1. The van der Waals surface area contributed by atoms with Crippen molar-refractivity contribution in [1.29, 1.82) is 5.41 Å². The fourth-order valence-electron chi connectivity index (χ4n) is 1.37. The third-order valence-electron chi connectivity index (χ3n) is 2.76. The Balaban J connectivity index is 2.29. The van der Waals surface area contributed by atoms with Crippen molar-refractivity contribution < 1.29 is 4.39 Å². The van der Waals surface area contributed by atoms with Gasteiger partial charge >= 0.3 is 0 Å². The maximum atomic E-state index is 12.7. The lowest BCUT2D eigenvalue weighted by atomic mass is 9.87. The average molecular weight is 254 g/mol. The number of hydrogen-bond acceptors (Lipinski definition) is 2. The van der Waals surface area contributed by atoms with Crippen LogP contribution >= 0.6 is 11.8 Å². The molecule has 0 saturated carbocycles. The van der Waals surface area contributed by atoms with Crippen molar-refractivity contribution in [3.8, 4) is 0 Å². The summed E-state index contributed by atoms with van der Waals surface area (Å²) in [6, 6.07) is 6.52. The molecule has 0 atom stereocenters. The van der Waals surface area contributed by atoms with Crippen LogP contribution in [-0.4, -0.2) is 11.6 Å². The molecule has 0 amide bonds. The van der Waals surface area contributed by atoms with E-state index in [1.807, 2.05) is 13.8 Å².